The van der Waals surface area contributed by atoms with Gasteiger partial charge in [-0.1, -0.05) is 30.6 Å². The number of rotatable bonds is 7. The molecular formula is C18H28N6OS. The van der Waals surface area contributed by atoms with Crippen LogP contribution in [0, 0.1) is 6.92 Å². The van der Waals surface area contributed by atoms with Crippen molar-refractivity contribution in [2.45, 2.75) is 65.0 Å². The average molecular weight is 377 g/mol. The second-order valence-corrected chi connectivity index (χ2v) is 8.08. The molecule has 0 aromatic carbocycles. The molecule has 2 heterocycles. The summed E-state index contributed by atoms with van der Waals surface area (Å²) in [6, 6.07) is 0. The molecule has 2 aromatic rings. The van der Waals surface area contributed by atoms with Crippen LogP contribution in [-0.4, -0.2) is 44.4 Å². The number of amides is 1. The largest absolute Gasteiger partial charge is 0.299 e. The minimum absolute atomic E-state index is 0.0561. The summed E-state index contributed by atoms with van der Waals surface area (Å²) in [7, 11) is 1.94. The number of carbonyl (C=O) groups is 1. The number of nitrogens with zero attached hydrogens (tertiary/aromatic N) is 5. The monoisotopic (exact) mass is 376 g/mol. The van der Waals surface area contributed by atoms with Gasteiger partial charge in [0.15, 0.2) is 0 Å². The van der Waals surface area contributed by atoms with Gasteiger partial charge in [-0.2, -0.15) is 5.10 Å². The molecular weight excluding hydrogens is 348 g/mol. The fourth-order valence-corrected chi connectivity index (χ4v) is 4.44. The van der Waals surface area contributed by atoms with E-state index < -0.39 is 0 Å². The van der Waals surface area contributed by atoms with Crippen LogP contribution in [0.1, 0.15) is 61.2 Å². The van der Waals surface area contributed by atoms with Gasteiger partial charge in [0.25, 0.3) is 0 Å². The Bertz CT molecular complexity index is 734. The molecule has 1 fully saturated rings. The number of likely N-dealkylation sites (N-methyl/N-ethyl adjacent to an activating group) is 1. The van der Waals surface area contributed by atoms with Crippen LogP contribution in [0.4, 0.5) is 5.13 Å². The predicted molar refractivity (Wildman–Crippen MR) is 103 cm³/mol. The zero-order valence-corrected chi connectivity index (χ0v) is 16.7. The number of carbonyl (C=O) groups excluding carboxylic acids is 1. The summed E-state index contributed by atoms with van der Waals surface area (Å²) >= 11 is 1.52. The van der Waals surface area contributed by atoms with Gasteiger partial charge >= 0.3 is 0 Å². The van der Waals surface area contributed by atoms with Gasteiger partial charge in [0.05, 0.1) is 12.7 Å². The van der Waals surface area contributed by atoms with E-state index >= 15 is 0 Å². The van der Waals surface area contributed by atoms with Gasteiger partial charge in [0.1, 0.15) is 5.01 Å². The van der Waals surface area contributed by atoms with Crippen LogP contribution in [0.15, 0.2) is 6.20 Å². The number of hydrogen-bond acceptors (Lipinski definition) is 6. The quantitative estimate of drug-likeness (QED) is 0.803. The molecule has 2 aromatic heterocycles. The minimum Gasteiger partial charge on any atom is -0.299 e. The molecule has 3 rings (SSSR count). The first-order valence-electron chi connectivity index (χ1n) is 9.40. The van der Waals surface area contributed by atoms with E-state index in [1.54, 1.807) is 0 Å². The van der Waals surface area contributed by atoms with Gasteiger partial charge < -0.3 is 0 Å². The lowest BCUT2D eigenvalue weighted by Crippen LogP contribution is -2.30. The number of nitrogens with one attached hydrogen (secondary N) is 1. The molecule has 1 saturated carbocycles. The lowest BCUT2D eigenvalue weighted by Gasteiger charge is -2.18. The van der Waals surface area contributed by atoms with E-state index in [2.05, 4.69) is 34.5 Å². The molecule has 26 heavy (non-hydrogen) atoms. The van der Waals surface area contributed by atoms with Crippen molar-refractivity contribution >= 4 is 22.4 Å². The third-order valence-corrected chi connectivity index (χ3v) is 6.00. The van der Waals surface area contributed by atoms with Crippen LogP contribution < -0.4 is 5.32 Å². The molecule has 0 spiro atoms. The van der Waals surface area contributed by atoms with Gasteiger partial charge in [0, 0.05) is 30.3 Å². The van der Waals surface area contributed by atoms with Crippen molar-refractivity contribution in [1.29, 1.82) is 0 Å². The first-order chi connectivity index (χ1) is 12.6. The number of anilines is 1. The van der Waals surface area contributed by atoms with Crippen LogP contribution in [0.25, 0.3) is 0 Å². The highest BCUT2D eigenvalue weighted by molar-refractivity contribution is 7.15. The van der Waals surface area contributed by atoms with Gasteiger partial charge in [-0.3, -0.25) is 19.7 Å². The van der Waals surface area contributed by atoms with E-state index in [-0.39, 0.29) is 5.91 Å². The van der Waals surface area contributed by atoms with Crippen LogP contribution >= 0.6 is 11.3 Å². The van der Waals surface area contributed by atoms with Crippen LogP contribution in [-0.2, 0) is 17.9 Å². The predicted octanol–water partition coefficient (Wildman–Crippen LogP) is 3.18. The van der Waals surface area contributed by atoms with Gasteiger partial charge in [0.2, 0.25) is 11.0 Å². The van der Waals surface area contributed by atoms with Crippen LogP contribution in [0.3, 0.4) is 0 Å². The molecule has 0 radical (unpaired) electrons. The first kappa shape index (κ1) is 19.0. The summed E-state index contributed by atoms with van der Waals surface area (Å²) in [4.78, 5) is 14.3. The average Bonchev–Trinajstić information content (AvgIpc) is 3.23. The van der Waals surface area contributed by atoms with E-state index in [1.165, 1.54) is 43.4 Å². The first-order valence-corrected chi connectivity index (χ1v) is 10.2. The normalized spacial score (nSPS) is 15.5. The van der Waals surface area contributed by atoms with Crippen molar-refractivity contribution in [2.24, 2.45) is 0 Å². The molecule has 1 amide bonds. The maximum atomic E-state index is 12.3. The molecule has 7 nitrogen and oxygen atoms in total. The third kappa shape index (κ3) is 4.67. The van der Waals surface area contributed by atoms with Gasteiger partial charge in [-0.25, -0.2) is 0 Å². The summed E-state index contributed by atoms with van der Waals surface area (Å²) in [5.74, 6) is 0.465. The topological polar surface area (TPSA) is 75.9 Å². The second-order valence-electron chi connectivity index (χ2n) is 7.07. The maximum absolute atomic E-state index is 12.3. The number of aromatic nitrogens is 4. The zero-order valence-electron chi connectivity index (χ0n) is 15.9. The molecule has 8 heteroatoms. The Labute approximate surface area is 158 Å². The molecule has 1 N–H and O–H groups in total. The Morgan fingerprint density at radius 1 is 1.35 bits per heavy atom. The van der Waals surface area contributed by atoms with E-state index in [0.29, 0.717) is 24.1 Å². The summed E-state index contributed by atoms with van der Waals surface area (Å²) in [6.45, 7) is 6.01. The molecule has 142 valence electrons. The fourth-order valence-electron chi connectivity index (χ4n) is 3.51. The van der Waals surface area contributed by atoms with Crippen molar-refractivity contribution in [3.63, 3.8) is 0 Å². The second kappa shape index (κ2) is 8.73. The Balaban J connectivity index is 1.50. The highest BCUT2D eigenvalue weighted by Gasteiger charge is 2.20. The lowest BCUT2D eigenvalue weighted by atomic mass is 9.90. The molecule has 0 atom stereocenters. The summed E-state index contributed by atoms with van der Waals surface area (Å²) in [5, 5.41) is 17.4. The minimum atomic E-state index is -0.0561. The molecule has 0 aliphatic heterocycles. The zero-order chi connectivity index (χ0) is 18.5. The Morgan fingerprint density at radius 2 is 2.12 bits per heavy atom. The standard InChI is InChI=1S/C18H28N6OS/c1-4-24-13(2)15(10-19-24)11-23(3)12-16(25)20-18-22-21-17(26-18)14-8-6-5-7-9-14/h10,14H,4-9,11-12H2,1-3H3,(H,20,22,25). The highest BCUT2D eigenvalue weighted by atomic mass is 32.1. The highest BCUT2D eigenvalue weighted by Crippen LogP contribution is 2.35. The van der Waals surface area contributed by atoms with E-state index in [9.17, 15) is 4.79 Å². The van der Waals surface area contributed by atoms with Gasteiger partial charge in [-0.15, -0.1) is 10.2 Å². The van der Waals surface area contributed by atoms with Crippen molar-refractivity contribution in [1.82, 2.24) is 24.9 Å². The number of hydrogen-bond donors (Lipinski definition) is 1. The van der Waals surface area contributed by atoms with Crippen molar-refractivity contribution in [3.8, 4) is 0 Å². The summed E-state index contributed by atoms with van der Waals surface area (Å²) in [5.41, 5.74) is 2.30. The van der Waals surface area contributed by atoms with Crippen molar-refractivity contribution < 1.29 is 4.79 Å². The smallest absolute Gasteiger partial charge is 0.240 e. The maximum Gasteiger partial charge on any atom is 0.240 e. The van der Waals surface area contributed by atoms with E-state index in [4.69, 9.17) is 0 Å². The summed E-state index contributed by atoms with van der Waals surface area (Å²) < 4.78 is 1.97. The van der Waals surface area contributed by atoms with E-state index in [1.807, 2.05) is 22.8 Å². The lowest BCUT2D eigenvalue weighted by molar-refractivity contribution is -0.117. The van der Waals surface area contributed by atoms with Gasteiger partial charge in [-0.05, 0) is 33.7 Å². The van der Waals surface area contributed by atoms with Crippen LogP contribution in [0.2, 0.25) is 0 Å². The van der Waals surface area contributed by atoms with Crippen molar-refractivity contribution in [2.75, 3.05) is 18.9 Å². The van der Waals surface area contributed by atoms with Crippen LogP contribution in [0.5, 0.6) is 0 Å². The third-order valence-electron chi connectivity index (χ3n) is 5.00. The Kier molecular flexibility index (Phi) is 6.37. The number of aryl methyl sites for hydroxylation is 1. The molecule has 1 aliphatic carbocycles. The molecule has 1 aliphatic rings. The molecule has 0 unspecified atom stereocenters. The van der Waals surface area contributed by atoms with Crippen molar-refractivity contribution in [3.05, 3.63) is 22.5 Å². The fraction of sp³-hybridized carbons (Fsp3) is 0.667. The Morgan fingerprint density at radius 3 is 2.81 bits per heavy atom. The summed E-state index contributed by atoms with van der Waals surface area (Å²) in [6.07, 6.45) is 8.12. The molecule has 0 saturated heterocycles. The Hall–Kier alpha value is -1.80. The molecule has 0 bridgehead atoms. The SMILES string of the molecule is CCn1ncc(CN(C)CC(=O)Nc2nnc(C3CCCCC3)s2)c1C. The van der Waals surface area contributed by atoms with E-state index in [0.717, 1.165) is 22.8 Å².